The molecule has 0 bridgehead atoms. The summed E-state index contributed by atoms with van der Waals surface area (Å²) in [7, 11) is 0. The van der Waals surface area contributed by atoms with Gasteiger partial charge in [-0.3, -0.25) is 4.79 Å². The molecule has 0 saturated heterocycles. The third-order valence-electron chi connectivity index (χ3n) is 6.74. The average molecular weight is 506 g/mol. The van der Waals surface area contributed by atoms with Crippen LogP contribution < -0.4 is 0 Å². The van der Waals surface area contributed by atoms with Gasteiger partial charge >= 0.3 is 0 Å². The maximum atomic E-state index is 13.2. The summed E-state index contributed by atoms with van der Waals surface area (Å²) in [5, 5.41) is 9.14. The number of nitrogens with zero attached hydrogens (tertiary/aromatic N) is 3. The molecule has 1 aliphatic carbocycles. The van der Waals surface area contributed by atoms with Crippen LogP contribution in [0.15, 0.2) is 48.5 Å². The zero-order valence-electron chi connectivity index (χ0n) is 22.2. The number of fused-ring (bicyclic) bond motifs is 5. The van der Waals surface area contributed by atoms with Crippen molar-refractivity contribution in [2.75, 3.05) is 39.6 Å². The minimum atomic E-state index is -0.184. The second-order valence-electron chi connectivity index (χ2n) is 9.42. The van der Waals surface area contributed by atoms with Crippen LogP contribution in [0.25, 0.3) is 22.5 Å². The fraction of sp³-hybridized carbons (Fsp3) is 0.500. The highest BCUT2D eigenvalue weighted by Gasteiger charge is 2.30. The van der Waals surface area contributed by atoms with Crippen LogP contribution in [0.2, 0.25) is 0 Å². The van der Waals surface area contributed by atoms with Gasteiger partial charge < -0.3 is 14.2 Å². The molecular formula is C30H39N3O4. The lowest BCUT2D eigenvalue weighted by Gasteiger charge is -2.24. The lowest BCUT2D eigenvalue weighted by atomic mass is 9.79. The Kier molecular flexibility index (Phi) is 10.4. The molecule has 0 amide bonds. The molecule has 0 fully saturated rings. The number of ether oxygens (including phenoxy) is 3. The highest BCUT2D eigenvalue weighted by molar-refractivity contribution is 5.91. The lowest BCUT2D eigenvalue weighted by molar-refractivity contribution is -0.120. The van der Waals surface area contributed by atoms with Crippen LogP contribution in [0.1, 0.15) is 56.6 Å². The Hall–Kier alpha value is -2.87. The molecule has 7 heteroatoms. The Morgan fingerprint density at radius 1 is 0.865 bits per heavy atom. The highest BCUT2D eigenvalue weighted by Crippen LogP contribution is 2.41. The molecule has 37 heavy (non-hydrogen) atoms. The summed E-state index contributed by atoms with van der Waals surface area (Å²) in [5.74, 6) is 0.0970. The summed E-state index contributed by atoms with van der Waals surface area (Å²) >= 11 is 0. The molecule has 3 aromatic rings. The number of unbranched alkanes of at least 4 members (excludes halogenated alkanes) is 1. The second-order valence-corrected chi connectivity index (χ2v) is 9.42. The van der Waals surface area contributed by atoms with Crippen LogP contribution in [0.5, 0.6) is 0 Å². The first kappa shape index (κ1) is 27.2. The molecule has 1 aromatic heterocycles. The van der Waals surface area contributed by atoms with Crippen molar-refractivity contribution in [3.05, 3.63) is 59.7 Å². The third kappa shape index (κ3) is 6.92. The predicted octanol–water partition coefficient (Wildman–Crippen LogP) is 5.47. The van der Waals surface area contributed by atoms with E-state index in [0.29, 0.717) is 52.4 Å². The minimum absolute atomic E-state index is 0.184. The second kappa shape index (κ2) is 14.2. The summed E-state index contributed by atoms with van der Waals surface area (Å²) in [6, 6.07) is 16.5. The van der Waals surface area contributed by atoms with E-state index >= 15 is 0 Å². The van der Waals surface area contributed by atoms with E-state index in [1.54, 1.807) is 0 Å². The van der Waals surface area contributed by atoms with Crippen molar-refractivity contribution in [1.29, 1.82) is 0 Å². The van der Waals surface area contributed by atoms with Crippen molar-refractivity contribution < 1.29 is 19.0 Å². The summed E-state index contributed by atoms with van der Waals surface area (Å²) in [6.45, 7) is 8.36. The largest absolute Gasteiger partial charge is 0.379 e. The van der Waals surface area contributed by atoms with E-state index in [9.17, 15) is 4.79 Å². The zero-order chi connectivity index (χ0) is 25.9. The zero-order valence-corrected chi connectivity index (χ0v) is 22.2. The quantitative estimate of drug-likeness (QED) is 0.255. The fourth-order valence-corrected chi connectivity index (χ4v) is 4.84. The van der Waals surface area contributed by atoms with Crippen molar-refractivity contribution >= 4 is 5.78 Å². The molecule has 7 nitrogen and oxygen atoms in total. The normalized spacial score (nSPS) is 14.4. The first-order chi connectivity index (χ1) is 18.2. The van der Waals surface area contributed by atoms with Crippen LogP contribution in [0.3, 0.4) is 0 Å². The number of hydrogen-bond donors (Lipinski definition) is 0. The van der Waals surface area contributed by atoms with Gasteiger partial charge in [0, 0.05) is 30.1 Å². The van der Waals surface area contributed by atoms with Gasteiger partial charge in [-0.05, 0) is 30.4 Å². The molecule has 198 valence electrons. The average Bonchev–Trinajstić information content (AvgIpc) is 3.32. The van der Waals surface area contributed by atoms with Crippen molar-refractivity contribution in [1.82, 2.24) is 15.0 Å². The maximum Gasteiger partial charge on any atom is 0.140 e. The molecule has 1 unspecified atom stereocenters. The molecular weight excluding hydrogens is 466 g/mol. The first-order valence-electron chi connectivity index (χ1n) is 13.6. The van der Waals surface area contributed by atoms with Crippen LogP contribution >= 0.6 is 0 Å². The van der Waals surface area contributed by atoms with E-state index in [2.05, 4.69) is 48.4 Å². The third-order valence-corrected chi connectivity index (χ3v) is 6.74. The van der Waals surface area contributed by atoms with Crippen LogP contribution in [0.4, 0.5) is 0 Å². The van der Waals surface area contributed by atoms with Gasteiger partial charge in [-0.15, -0.1) is 5.10 Å². The Morgan fingerprint density at radius 2 is 1.54 bits per heavy atom. The number of Topliss-reactive ketones (excluding diaryl/α,β-unsaturated/α-hetero) is 1. The number of aromatic nitrogens is 3. The van der Waals surface area contributed by atoms with Crippen molar-refractivity contribution in [2.45, 2.75) is 58.4 Å². The molecule has 0 spiro atoms. The van der Waals surface area contributed by atoms with Gasteiger partial charge in [-0.25, -0.2) is 4.68 Å². The Morgan fingerprint density at radius 3 is 2.30 bits per heavy atom. The van der Waals surface area contributed by atoms with Crippen LogP contribution in [-0.2, 0) is 32.0 Å². The van der Waals surface area contributed by atoms with Crippen molar-refractivity contribution in [3.63, 3.8) is 0 Å². The molecule has 0 aliphatic heterocycles. The van der Waals surface area contributed by atoms with Crippen LogP contribution in [-0.4, -0.2) is 60.4 Å². The van der Waals surface area contributed by atoms with E-state index in [4.69, 9.17) is 14.2 Å². The molecule has 0 N–H and O–H groups in total. The predicted molar refractivity (Wildman–Crippen MR) is 145 cm³/mol. The molecule has 2 aromatic carbocycles. The van der Waals surface area contributed by atoms with Gasteiger partial charge in [0.25, 0.3) is 0 Å². The number of rotatable bonds is 15. The van der Waals surface area contributed by atoms with E-state index in [1.807, 2.05) is 28.9 Å². The van der Waals surface area contributed by atoms with Crippen LogP contribution in [0, 0.1) is 0 Å². The minimum Gasteiger partial charge on any atom is -0.379 e. The summed E-state index contributed by atoms with van der Waals surface area (Å²) in [5.41, 5.74) is 6.06. The molecule has 4 rings (SSSR count). The molecule has 1 heterocycles. The topological polar surface area (TPSA) is 75.5 Å². The Bertz CT molecular complexity index is 1140. The lowest BCUT2D eigenvalue weighted by Crippen LogP contribution is -2.18. The number of benzene rings is 2. The molecule has 0 radical (unpaired) electrons. The summed E-state index contributed by atoms with van der Waals surface area (Å²) < 4.78 is 18.9. The monoisotopic (exact) mass is 505 g/mol. The van der Waals surface area contributed by atoms with E-state index in [-0.39, 0.29) is 11.7 Å². The molecule has 1 aliphatic rings. The van der Waals surface area contributed by atoms with Gasteiger partial charge in [0.15, 0.2) is 0 Å². The van der Waals surface area contributed by atoms with Crippen molar-refractivity contribution in [3.8, 4) is 22.5 Å². The molecule has 0 saturated carbocycles. The van der Waals surface area contributed by atoms with E-state index in [0.717, 1.165) is 59.5 Å². The van der Waals surface area contributed by atoms with Gasteiger partial charge in [0.05, 0.1) is 45.3 Å². The summed E-state index contributed by atoms with van der Waals surface area (Å²) in [6.07, 6.45) is 4.32. The van der Waals surface area contributed by atoms with E-state index in [1.165, 1.54) is 0 Å². The van der Waals surface area contributed by atoms with Gasteiger partial charge in [0.2, 0.25) is 0 Å². The highest BCUT2D eigenvalue weighted by atomic mass is 16.5. The fourth-order valence-electron chi connectivity index (χ4n) is 4.84. The smallest absolute Gasteiger partial charge is 0.140 e. The number of ketones is 1. The van der Waals surface area contributed by atoms with Gasteiger partial charge in [0.1, 0.15) is 11.5 Å². The number of carbonyl (C=O) groups excluding carboxylic acids is 1. The number of carbonyl (C=O) groups is 1. The standard InChI is InChI=1S/C30H39N3O4/c1-3-5-16-35-18-20-37-21-19-36-17-15-33-30-24-12-7-6-11-23(24)22-27(28(34)10-4-2)25-13-8-9-14-26(25)29(30)31-32-33/h6-9,11-14,27H,3-5,10,15-22H2,1-2H3. The van der Waals surface area contributed by atoms with Gasteiger partial charge in [-0.2, -0.15) is 0 Å². The molecule has 1 atom stereocenters. The van der Waals surface area contributed by atoms with Gasteiger partial charge in [-0.1, -0.05) is 74.0 Å². The number of hydrogen-bond acceptors (Lipinski definition) is 6. The Balaban J connectivity index is 1.46. The Labute approximate surface area is 220 Å². The SMILES string of the molecule is CCCCOCCOCCOCCn1nnc2c1-c1ccccc1CC(C(=O)CCC)c1ccccc1-2. The summed E-state index contributed by atoms with van der Waals surface area (Å²) in [4.78, 5) is 13.2. The van der Waals surface area contributed by atoms with E-state index < -0.39 is 0 Å². The first-order valence-corrected chi connectivity index (χ1v) is 13.6. The maximum absolute atomic E-state index is 13.2. The van der Waals surface area contributed by atoms with Crippen molar-refractivity contribution in [2.24, 2.45) is 0 Å².